The molecule has 3 rings (SSSR count). The molecule has 1 aromatic heterocycles. The van der Waals surface area contributed by atoms with E-state index in [1.54, 1.807) is 6.07 Å². The van der Waals surface area contributed by atoms with Crippen molar-refractivity contribution in [3.63, 3.8) is 0 Å². The molecule has 0 aliphatic carbocycles. The Morgan fingerprint density at radius 1 is 1.10 bits per heavy atom. The maximum Gasteiger partial charge on any atom is 0.417 e. The molecule has 0 spiro atoms. The summed E-state index contributed by atoms with van der Waals surface area (Å²) in [6.07, 6.45) is -2.74. The van der Waals surface area contributed by atoms with Crippen LogP contribution in [0.4, 0.5) is 19.0 Å². The van der Waals surface area contributed by atoms with E-state index in [2.05, 4.69) is 10.3 Å². The minimum atomic E-state index is -4.39. The largest absolute Gasteiger partial charge is 0.417 e. The van der Waals surface area contributed by atoms with E-state index in [1.807, 2.05) is 28.0 Å². The molecule has 1 aromatic carbocycles. The summed E-state index contributed by atoms with van der Waals surface area (Å²) in [5.74, 6) is 0.425. The van der Waals surface area contributed by atoms with E-state index < -0.39 is 11.7 Å². The normalized spacial score (nSPS) is 15.8. The summed E-state index contributed by atoms with van der Waals surface area (Å²) in [6.45, 7) is 3.26. The summed E-state index contributed by atoms with van der Waals surface area (Å²) in [5.41, 5.74) is 0.103. The first kappa shape index (κ1) is 21.4. The van der Waals surface area contributed by atoms with E-state index in [1.165, 1.54) is 6.07 Å². The van der Waals surface area contributed by atoms with Crippen molar-refractivity contribution in [3.05, 3.63) is 58.7 Å². The fourth-order valence-corrected chi connectivity index (χ4v) is 3.40. The van der Waals surface area contributed by atoms with E-state index in [0.717, 1.165) is 30.8 Å². The maximum absolute atomic E-state index is 12.7. The Bertz CT molecular complexity index is 829. The zero-order chi connectivity index (χ0) is 20.9. The molecule has 156 valence electrons. The molecule has 0 radical (unpaired) electrons. The van der Waals surface area contributed by atoms with Crippen LogP contribution in [0.15, 0.2) is 42.6 Å². The van der Waals surface area contributed by atoms with Crippen molar-refractivity contribution < 1.29 is 18.0 Å². The molecule has 2 heterocycles. The lowest BCUT2D eigenvalue weighted by atomic mass is 10.2. The lowest BCUT2D eigenvalue weighted by molar-refractivity contribution is -0.137. The molecule has 1 N–H and O–H groups in total. The van der Waals surface area contributed by atoms with Gasteiger partial charge in [-0.2, -0.15) is 13.2 Å². The average molecular weight is 427 g/mol. The van der Waals surface area contributed by atoms with Crippen molar-refractivity contribution in [1.82, 2.24) is 15.2 Å². The zero-order valence-corrected chi connectivity index (χ0v) is 16.5. The number of carbonyl (C=O) groups is 1. The third-order valence-corrected chi connectivity index (χ3v) is 5.16. The van der Waals surface area contributed by atoms with Crippen molar-refractivity contribution in [3.8, 4) is 0 Å². The van der Waals surface area contributed by atoms with Crippen LogP contribution in [0.3, 0.4) is 0 Å². The number of hydrogen-bond acceptors (Lipinski definition) is 4. The standard InChI is InChI=1S/C20H22ClF3N4O/c21-17-5-2-1-4-15(17)12-26-19(29)14-27-8-3-9-28(11-10-27)18-7-6-16(13-25-18)20(22,23)24/h1-2,4-7,13H,3,8-12,14H2,(H,26,29). The number of pyridine rings is 1. The SMILES string of the molecule is O=C(CN1CCCN(c2ccc(C(F)(F)F)cn2)CC1)NCc1ccccc1Cl. The van der Waals surface area contributed by atoms with Crippen molar-refractivity contribution in [2.45, 2.75) is 19.1 Å². The summed E-state index contributed by atoms with van der Waals surface area (Å²) in [7, 11) is 0. The van der Waals surface area contributed by atoms with Crippen molar-refractivity contribution in [1.29, 1.82) is 0 Å². The van der Waals surface area contributed by atoms with Gasteiger partial charge in [0.2, 0.25) is 5.91 Å². The second kappa shape index (κ2) is 9.45. The molecule has 0 bridgehead atoms. The summed E-state index contributed by atoms with van der Waals surface area (Å²) in [4.78, 5) is 20.2. The summed E-state index contributed by atoms with van der Waals surface area (Å²) in [5, 5.41) is 3.49. The number of carbonyl (C=O) groups excluding carboxylic acids is 1. The molecule has 1 saturated heterocycles. The van der Waals surface area contributed by atoms with Gasteiger partial charge in [0.1, 0.15) is 5.82 Å². The van der Waals surface area contributed by atoms with E-state index >= 15 is 0 Å². The van der Waals surface area contributed by atoms with Gasteiger partial charge in [-0.3, -0.25) is 9.69 Å². The quantitative estimate of drug-likeness (QED) is 0.794. The molecular formula is C20H22ClF3N4O. The van der Waals surface area contributed by atoms with Gasteiger partial charge in [0.05, 0.1) is 12.1 Å². The van der Waals surface area contributed by atoms with E-state index in [4.69, 9.17) is 11.6 Å². The van der Waals surface area contributed by atoms with Crippen molar-refractivity contribution >= 4 is 23.3 Å². The number of rotatable bonds is 5. The highest BCUT2D eigenvalue weighted by atomic mass is 35.5. The number of nitrogens with zero attached hydrogens (tertiary/aromatic N) is 3. The highest BCUT2D eigenvalue weighted by Crippen LogP contribution is 2.29. The molecular weight excluding hydrogens is 405 g/mol. The van der Waals surface area contributed by atoms with Gasteiger partial charge in [-0.15, -0.1) is 0 Å². The Balaban J connectivity index is 1.49. The number of nitrogens with one attached hydrogen (secondary N) is 1. The van der Waals surface area contributed by atoms with Crippen LogP contribution < -0.4 is 10.2 Å². The van der Waals surface area contributed by atoms with Crippen LogP contribution in [0, 0.1) is 0 Å². The van der Waals surface area contributed by atoms with Crippen LogP contribution in [-0.2, 0) is 17.5 Å². The van der Waals surface area contributed by atoms with Crippen LogP contribution in [0.25, 0.3) is 0 Å². The number of alkyl halides is 3. The van der Waals surface area contributed by atoms with Crippen LogP contribution in [-0.4, -0.2) is 48.5 Å². The third-order valence-electron chi connectivity index (χ3n) is 4.79. The van der Waals surface area contributed by atoms with Gasteiger partial charge in [-0.05, 0) is 30.2 Å². The molecule has 1 aliphatic heterocycles. The van der Waals surface area contributed by atoms with Crippen LogP contribution in [0.2, 0.25) is 5.02 Å². The van der Waals surface area contributed by atoms with Gasteiger partial charge in [-0.25, -0.2) is 4.98 Å². The molecule has 1 aliphatic rings. The minimum absolute atomic E-state index is 0.0916. The Kier molecular flexibility index (Phi) is 6.97. The molecule has 2 aromatic rings. The first-order valence-corrected chi connectivity index (χ1v) is 9.71. The molecule has 29 heavy (non-hydrogen) atoms. The first-order chi connectivity index (χ1) is 13.8. The molecule has 1 amide bonds. The number of benzene rings is 1. The van der Waals surface area contributed by atoms with Gasteiger partial charge in [-0.1, -0.05) is 29.8 Å². The van der Waals surface area contributed by atoms with Crippen LogP contribution >= 0.6 is 11.6 Å². The minimum Gasteiger partial charge on any atom is -0.355 e. The number of hydrogen-bond donors (Lipinski definition) is 1. The Morgan fingerprint density at radius 3 is 2.59 bits per heavy atom. The predicted octanol–water partition coefficient (Wildman–Crippen LogP) is 3.58. The van der Waals surface area contributed by atoms with E-state index in [-0.39, 0.29) is 12.5 Å². The highest BCUT2D eigenvalue weighted by Gasteiger charge is 2.31. The molecule has 5 nitrogen and oxygen atoms in total. The number of aromatic nitrogens is 1. The summed E-state index contributed by atoms with van der Waals surface area (Å²) < 4.78 is 38.1. The van der Waals surface area contributed by atoms with Gasteiger partial charge in [0.25, 0.3) is 0 Å². The number of amides is 1. The van der Waals surface area contributed by atoms with Gasteiger partial charge >= 0.3 is 6.18 Å². The zero-order valence-electron chi connectivity index (χ0n) is 15.8. The Hall–Kier alpha value is -2.32. The van der Waals surface area contributed by atoms with Crippen LogP contribution in [0.1, 0.15) is 17.5 Å². The smallest absolute Gasteiger partial charge is 0.355 e. The fourth-order valence-electron chi connectivity index (χ4n) is 3.19. The summed E-state index contributed by atoms with van der Waals surface area (Å²) >= 11 is 6.09. The topological polar surface area (TPSA) is 48.5 Å². The lowest BCUT2D eigenvalue weighted by Crippen LogP contribution is -2.39. The number of anilines is 1. The molecule has 9 heteroatoms. The third kappa shape index (κ3) is 6.08. The first-order valence-electron chi connectivity index (χ1n) is 9.33. The predicted molar refractivity (Wildman–Crippen MR) is 106 cm³/mol. The van der Waals surface area contributed by atoms with Crippen molar-refractivity contribution in [2.75, 3.05) is 37.6 Å². The molecule has 1 fully saturated rings. The molecule has 0 atom stereocenters. The lowest BCUT2D eigenvalue weighted by Gasteiger charge is -2.22. The average Bonchev–Trinajstić information content (AvgIpc) is 2.92. The van der Waals surface area contributed by atoms with E-state index in [0.29, 0.717) is 37.0 Å². The van der Waals surface area contributed by atoms with Gasteiger partial charge in [0, 0.05) is 43.9 Å². The van der Waals surface area contributed by atoms with Crippen molar-refractivity contribution in [2.24, 2.45) is 0 Å². The maximum atomic E-state index is 12.7. The second-order valence-electron chi connectivity index (χ2n) is 6.89. The van der Waals surface area contributed by atoms with Crippen LogP contribution in [0.5, 0.6) is 0 Å². The monoisotopic (exact) mass is 426 g/mol. The van der Waals surface area contributed by atoms with Gasteiger partial charge < -0.3 is 10.2 Å². The molecule has 0 unspecified atom stereocenters. The highest BCUT2D eigenvalue weighted by molar-refractivity contribution is 6.31. The number of halogens is 4. The van der Waals surface area contributed by atoms with Gasteiger partial charge in [0.15, 0.2) is 0 Å². The fraction of sp³-hybridized carbons (Fsp3) is 0.400. The van der Waals surface area contributed by atoms with E-state index in [9.17, 15) is 18.0 Å². The second-order valence-corrected chi connectivity index (χ2v) is 7.29. The summed E-state index contributed by atoms with van der Waals surface area (Å²) in [6, 6.07) is 9.79. The molecule has 0 saturated carbocycles. The Labute approximate surface area is 172 Å². The Morgan fingerprint density at radius 2 is 1.90 bits per heavy atom.